The van der Waals surface area contributed by atoms with Crippen molar-refractivity contribution in [1.29, 1.82) is 0 Å². The average Bonchev–Trinajstić information content (AvgIpc) is 2.61. The van der Waals surface area contributed by atoms with E-state index in [1.165, 1.54) is 0 Å². The zero-order valence-electron chi connectivity index (χ0n) is 14.6. The number of hydrogen-bond donors (Lipinski definition) is 1. The predicted molar refractivity (Wildman–Crippen MR) is 87.2 cm³/mol. The molecule has 0 aromatic rings. The van der Waals surface area contributed by atoms with Crippen LogP contribution in [0, 0.1) is 11.8 Å². The van der Waals surface area contributed by atoms with E-state index in [9.17, 15) is 4.79 Å². The normalized spacial score (nSPS) is 24.7. The Bertz CT molecular complexity index is 419. The Hall–Kier alpha value is -1.15. The van der Waals surface area contributed by atoms with Crippen molar-refractivity contribution < 1.29 is 28.8 Å². The number of rotatable bonds is 8. The van der Waals surface area contributed by atoms with Gasteiger partial charge in [0.2, 0.25) is 6.29 Å². The third-order valence-electron chi connectivity index (χ3n) is 4.22. The fourth-order valence-corrected chi connectivity index (χ4v) is 2.73. The highest BCUT2D eigenvalue weighted by molar-refractivity contribution is 5.91. The minimum absolute atomic E-state index is 0.00368. The van der Waals surface area contributed by atoms with E-state index in [4.69, 9.17) is 24.1 Å². The molecule has 1 amide bonds. The molecule has 2 atom stereocenters. The van der Waals surface area contributed by atoms with Crippen LogP contribution < -0.4 is 0 Å². The van der Waals surface area contributed by atoms with E-state index in [2.05, 4.69) is 13.8 Å². The van der Waals surface area contributed by atoms with E-state index >= 15 is 0 Å². The van der Waals surface area contributed by atoms with Gasteiger partial charge < -0.3 is 29.0 Å². The van der Waals surface area contributed by atoms with Gasteiger partial charge in [-0.1, -0.05) is 13.8 Å². The quantitative estimate of drug-likeness (QED) is 0.656. The third-order valence-corrected chi connectivity index (χ3v) is 4.22. The number of morpholine rings is 1. The minimum Gasteiger partial charge on any atom is -0.459 e. The molecular weight excluding hydrogens is 314 g/mol. The van der Waals surface area contributed by atoms with Gasteiger partial charge in [0.1, 0.15) is 0 Å². The average molecular weight is 343 g/mol. The van der Waals surface area contributed by atoms with Crippen LogP contribution in [0.3, 0.4) is 0 Å². The first-order chi connectivity index (χ1) is 11.6. The SMILES string of the molecule is CC(C)[C@H]1C=C(C(=O)N2CCOCC2)O[C@@H](OCCOCCO)C1. The van der Waals surface area contributed by atoms with Gasteiger partial charge in [-0.3, -0.25) is 4.79 Å². The molecule has 0 radical (unpaired) electrons. The highest BCUT2D eigenvalue weighted by Crippen LogP contribution is 2.29. The van der Waals surface area contributed by atoms with Crippen LogP contribution in [0.5, 0.6) is 0 Å². The van der Waals surface area contributed by atoms with Crippen LogP contribution in [0.25, 0.3) is 0 Å². The van der Waals surface area contributed by atoms with Crippen molar-refractivity contribution in [2.75, 3.05) is 52.7 Å². The van der Waals surface area contributed by atoms with Crippen molar-refractivity contribution in [2.45, 2.75) is 26.6 Å². The Morgan fingerprint density at radius 3 is 2.75 bits per heavy atom. The molecule has 2 aliphatic rings. The number of nitrogens with zero attached hydrogens (tertiary/aromatic N) is 1. The summed E-state index contributed by atoms with van der Waals surface area (Å²) in [7, 11) is 0. The molecule has 2 rings (SSSR count). The van der Waals surface area contributed by atoms with Gasteiger partial charge in [0.05, 0.1) is 39.6 Å². The number of carbonyl (C=O) groups is 1. The maximum absolute atomic E-state index is 12.7. The van der Waals surface area contributed by atoms with Crippen LogP contribution in [0.4, 0.5) is 0 Å². The van der Waals surface area contributed by atoms with Gasteiger partial charge in [-0.25, -0.2) is 0 Å². The van der Waals surface area contributed by atoms with Crippen LogP contribution in [0.15, 0.2) is 11.8 Å². The van der Waals surface area contributed by atoms with Crippen molar-refractivity contribution in [3.8, 4) is 0 Å². The lowest BCUT2D eigenvalue weighted by atomic mass is 9.90. The van der Waals surface area contributed by atoms with E-state index in [0.29, 0.717) is 57.8 Å². The molecule has 1 saturated heterocycles. The maximum Gasteiger partial charge on any atom is 0.288 e. The maximum atomic E-state index is 12.7. The molecule has 0 aromatic carbocycles. The monoisotopic (exact) mass is 343 g/mol. The van der Waals surface area contributed by atoms with Gasteiger partial charge in [-0.05, 0) is 17.9 Å². The molecular formula is C17H29NO6. The second-order valence-electron chi connectivity index (χ2n) is 6.33. The van der Waals surface area contributed by atoms with Crippen LogP contribution >= 0.6 is 0 Å². The number of allylic oxidation sites excluding steroid dienone is 1. The van der Waals surface area contributed by atoms with Gasteiger partial charge in [0.25, 0.3) is 5.91 Å². The van der Waals surface area contributed by atoms with Gasteiger partial charge in [-0.2, -0.15) is 0 Å². The summed E-state index contributed by atoms with van der Waals surface area (Å²) < 4.78 is 22.0. The molecule has 0 aromatic heterocycles. The second kappa shape index (κ2) is 9.98. The minimum atomic E-state index is -0.444. The van der Waals surface area contributed by atoms with E-state index in [-0.39, 0.29) is 18.4 Å². The Morgan fingerprint density at radius 2 is 2.08 bits per heavy atom. The molecule has 1 N–H and O–H groups in total. The molecule has 2 heterocycles. The Morgan fingerprint density at radius 1 is 1.33 bits per heavy atom. The van der Waals surface area contributed by atoms with Crippen LogP contribution in [0.2, 0.25) is 0 Å². The lowest BCUT2D eigenvalue weighted by molar-refractivity contribution is -0.162. The summed E-state index contributed by atoms with van der Waals surface area (Å²) in [5.41, 5.74) is 0. The summed E-state index contributed by atoms with van der Waals surface area (Å²) in [6, 6.07) is 0. The van der Waals surface area contributed by atoms with Gasteiger partial charge in [0, 0.05) is 19.5 Å². The summed E-state index contributed by atoms with van der Waals surface area (Å²) in [6.45, 7) is 7.62. The van der Waals surface area contributed by atoms with Crippen molar-refractivity contribution >= 4 is 5.91 Å². The molecule has 0 saturated carbocycles. The first-order valence-corrected chi connectivity index (χ1v) is 8.67. The van der Waals surface area contributed by atoms with Crippen molar-refractivity contribution in [3.63, 3.8) is 0 Å². The van der Waals surface area contributed by atoms with Gasteiger partial charge in [-0.15, -0.1) is 0 Å². The first kappa shape index (κ1) is 19.2. The van der Waals surface area contributed by atoms with E-state index in [1.807, 2.05) is 6.08 Å². The molecule has 2 aliphatic heterocycles. The highest BCUT2D eigenvalue weighted by atomic mass is 16.7. The van der Waals surface area contributed by atoms with Crippen molar-refractivity contribution in [3.05, 3.63) is 11.8 Å². The van der Waals surface area contributed by atoms with Crippen LogP contribution in [-0.4, -0.2) is 74.9 Å². The van der Waals surface area contributed by atoms with E-state index < -0.39 is 6.29 Å². The van der Waals surface area contributed by atoms with Crippen LogP contribution in [-0.2, 0) is 23.7 Å². The molecule has 0 bridgehead atoms. The standard InChI is InChI=1S/C17H29NO6/c1-13(2)14-11-15(17(20)18-3-6-21-7-4-18)24-16(12-14)23-10-9-22-8-5-19/h11,13-14,16,19H,3-10,12H2,1-2H3/t14-,16+/m0/s1. The fourth-order valence-electron chi connectivity index (χ4n) is 2.73. The summed E-state index contributed by atoms with van der Waals surface area (Å²) in [5.74, 6) is 0.928. The zero-order valence-corrected chi connectivity index (χ0v) is 14.6. The van der Waals surface area contributed by atoms with E-state index in [0.717, 1.165) is 6.42 Å². The number of ether oxygens (including phenoxy) is 4. The number of amides is 1. The molecule has 0 unspecified atom stereocenters. The molecule has 7 nitrogen and oxygen atoms in total. The Labute approximate surface area is 143 Å². The van der Waals surface area contributed by atoms with Gasteiger partial charge >= 0.3 is 0 Å². The van der Waals surface area contributed by atoms with Crippen LogP contribution in [0.1, 0.15) is 20.3 Å². The fraction of sp³-hybridized carbons (Fsp3) is 0.824. The lowest BCUT2D eigenvalue weighted by Gasteiger charge is -2.34. The number of hydrogen-bond acceptors (Lipinski definition) is 6. The predicted octanol–water partition coefficient (Wildman–Crippen LogP) is 0.773. The summed E-state index contributed by atoms with van der Waals surface area (Å²) in [6.07, 6.45) is 2.21. The summed E-state index contributed by atoms with van der Waals surface area (Å²) in [4.78, 5) is 14.4. The molecule has 0 spiro atoms. The smallest absolute Gasteiger partial charge is 0.288 e. The summed E-state index contributed by atoms with van der Waals surface area (Å²) in [5, 5.41) is 8.68. The first-order valence-electron chi connectivity index (χ1n) is 8.67. The van der Waals surface area contributed by atoms with Crippen molar-refractivity contribution in [1.82, 2.24) is 4.90 Å². The molecule has 24 heavy (non-hydrogen) atoms. The second-order valence-corrected chi connectivity index (χ2v) is 6.33. The molecule has 138 valence electrons. The molecule has 1 fully saturated rings. The largest absolute Gasteiger partial charge is 0.459 e. The number of carbonyl (C=O) groups excluding carboxylic acids is 1. The van der Waals surface area contributed by atoms with Crippen molar-refractivity contribution in [2.24, 2.45) is 11.8 Å². The topological polar surface area (TPSA) is 77.5 Å². The number of aliphatic hydroxyl groups excluding tert-OH is 1. The highest BCUT2D eigenvalue weighted by Gasteiger charge is 2.31. The molecule has 7 heteroatoms. The Balaban J connectivity index is 1.91. The number of aliphatic hydroxyl groups is 1. The van der Waals surface area contributed by atoms with E-state index in [1.54, 1.807) is 4.90 Å². The zero-order chi connectivity index (χ0) is 17.4. The lowest BCUT2D eigenvalue weighted by Crippen LogP contribution is -2.43. The third kappa shape index (κ3) is 5.73. The molecule has 0 aliphatic carbocycles. The Kier molecular flexibility index (Phi) is 7.98. The summed E-state index contributed by atoms with van der Waals surface area (Å²) >= 11 is 0. The van der Waals surface area contributed by atoms with Gasteiger partial charge in [0.15, 0.2) is 5.76 Å².